The molecule has 3 nitrogen and oxygen atoms in total. The molecular weight excluding hydrogens is 250 g/mol. The number of ether oxygens (including phenoxy) is 1. The van der Waals surface area contributed by atoms with Gasteiger partial charge in [0.15, 0.2) is 0 Å². The minimum Gasteiger partial charge on any atom is -0.428 e. The van der Waals surface area contributed by atoms with Gasteiger partial charge in [0.2, 0.25) is 0 Å². The van der Waals surface area contributed by atoms with Crippen molar-refractivity contribution < 1.29 is 9.53 Å². The SMILES string of the molecule is Cc1ccc(C(=O)OC2=CC3C(CC2)CCN3C)cc1. The number of carbonyl (C=O) groups excluding carboxylic acids is 1. The smallest absolute Gasteiger partial charge is 0.343 e. The van der Waals surface area contributed by atoms with E-state index in [2.05, 4.69) is 18.0 Å². The van der Waals surface area contributed by atoms with Gasteiger partial charge in [0, 0.05) is 12.5 Å². The van der Waals surface area contributed by atoms with Crippen molar-refractivity contribution in [3.8, 4) is 0 Å². The van der Waals surface area contributed by atoms with E-state index in [9.17, 15) is 4.79 Å². The predicted octanol–water partition coefficient (Wildman–Crippen LogP) is 3.15. The highest BCUT2D eigenvalue weighted by Crippen LogP contribution is 2.34. The van der Waals surface area contributed by atoms with Crippen molar-refractivity contribution in [3.63, 3.8) is 0 Å². The molecule has 0 saturated carbocycles. The number of likely N-dealkylation sites (tertiary alicyclic amines) is 1. The van der Waals surface area contributed by atoms with Gasteiger partial charge in [0.25, 0.3) is 0 Å². The Balaban J connectivity index is 1.70. The first-order valence-electron chi connectivity index (χ1n) is 7.33. The molecule has 0 radical (unpaired) electrons. The molecule has 0 amide bonds. The van der Waals surface area contributed by atoms with Gasteiger partial charge in [-0.05, 0) is 57.5 Å². The van der Waals surface area contributed by atoms with Crippen LogP contribution in [0.15, 0.2) is 36.1 Å². The molecule has 0 spiro atoms. The van der Waals surface area contributed by atoms with E-state index in [-0.39, 0.29) is 5.97 Å². The third-order valence-electron chi connectivity index (χ3n) is 4.47. The number of nitrogens with zero attached hydrogens (tertiary/aromatic N) is 1. The molecule has 3 heteroatoms. The summed E-state index contributed by atoms with van der Waals surface area (Å²) in [6.45, 7) is 3.15. The van der Waals surface area contributed by atoms with E-state index < -0.39 is 0 Å². The van der Waals surface area contributed by atoms with Crippen LogP contribution >= 0.6 is 0 Å². The number of hydrogen-bond donors (Lipinski definition) is 0. The van der Waals surface area contributed by atoms with Crippen molar-refractivity contribution in [2.45, 2.75) is 32.2 Å². The summed E-state index contributed by atoms with van der Waals surface area (Å²) in [6.07, 6.45) is 5.42. The Kier molecular flexibility index (Phi) is 3.62. The van der Waals surface area contributed by atoms with Crippen molar-refractivity contribution >= 4 is 5.97 Å². The first-order chi connectivity index (χ1) is 9.63. The molecule has 20 heavy (non-hydrogen) atoms. The number of allylic oxidation sites excluding steroid dienone is 1. The molecule has 2 aliphatic rings. The Morgan fingerprint density at radius 3 is 2.75 bits per heavy atom. The molecule has 0 aromatic heterocycles. The fraction of sp³-hybridized carbons (Fsp3) is 0.471. The van der Waals surface area contributed by atoms with E-state index in [0.717, 1.165) is 36.6 Å². The van der Waals surface area contributed by atoms with Crippen LogP contribution in [0.5, 0.6) is 0 Å². The van der Waals surface area contributed by atoms with Gasteiger partial charge in [-0.15, -0.1) is 0 Å². The van der Waals surface area contributed by atoms with Crippen molar-refractivity contribution in [2.75, 3.05) is 13.6 Å². The zero-order valence-corrected chi connectivity index (χ0v) is 12.1. The molecule has 1 aromatic carbocycles. The van der Waals surface area contributed by atoms with Gasteiger partial charge in [-0.25, -0.2) is 4.79 Å². The van der Waals surface area contributed by atoms with Crippen LogP contribution in [0.1, 0.15) is 35.2 Å². The lowest BCUT2D eigenvalue weighted by Crippen LogP contribution is -2.30. The summed E-state index contributed by atoms with van der Waals surface area (Å²) in [4.78, 5) is 14.5. The fourth-order valence-electron chi connectivity index (χ4n) is 3.18. The number of benzene rings is 1. The van der Waals surface area contributed by atoms with Crippen molar-refractivity contribution in [2.24, 2.45) is 5.92 Å². The van der Waals surface area contributed by atoms with Gasteiger partial charge in [0.05, 0.1) is 5.56 Å². The van der Waals surface area contributed by atoms with Crippen molar-refractivity contribution in [1.82, 2.24) is 4.90 Å². The molecule has 0 bridgehead atoms. The molecule has 106 valence electrons. The topological polar surface area (TPSA) is 29.5 Å². The van der Waals surface area contributed by atoms with Crippen LogP contribution < -0.4 is 0 Å². The maximum absolute atomic E-state index is 12.1. The summed E-state index contributed by atoms with van der Waals surface area (Å²) in [5.74, 6) is 1.34. The highest BCUT2D eigenvalue weighted by atomic mass is 16.5. The Hall–Kier alpha value is -1.61. The normalized spacial score (nSPS) is 26.0. The van der Waals surface area contributed by atoms with Crippen LogP contribution in [0.3, 0.4) is 0 Å². The molecule has 2 unspecified atom stereocenters. The molecule has 1 aliphatic carbocycles. The van der Waals surface area contributed by atoms with Gasteiger partial charge >= 0.3 is 5.97 Å². The third-order valence-corrected chi connectivity index (χ3v) is 4.47. The van der Waals surface area contributed by atoms with E-state index in [1.807, 2.05) is 31.2 Å². The predicted molar refractivity (Wildman–Crippen MR) is 78.4 cm³/mol. The lowest BCUT2D eigenvalue weighted by Gasteiger charge is -2.27. The molecule has 1 heterocycles. The van der Waals surface area contributed by atoms with Crippen LogP contribution in [0.4, 0.5) is 0 Å². The minimum absolute atomic E-state index is 0.240. The van der Waals surface area contributed by atoms with Gasteiger partial charge < -0.3 is 4.74 Å². The van der Waals surface area contributed by atoms with E-state index in [1.165, 1.54) is 6.42 Å². The summed E-state index contributed by atoms with van der Waals surface area (Å²) < 4.78 is 5.57. The molecular formula is C17H21NO2. The average molecular weight is 271 g/mol. The van der Waals surface area contributed by atoms with Crippen molar-refractivity contribution in [1.29, 1.82) is 0 Å². The number of likely N-dealkylation sites (N-methyl/N-ethyl adjacent to an activating group) is 1. The standard InChI is InChI=1S/C17H21NO2/c1-12-3-5-14(6-4-12)17(19)20-15-8-7-13-9-10-18(2)16(13)11-15/h3-6,11,13,16H,7-10H2,1-2H3. The Morgan fingerprint density at radius 1 is 1.25 bits per heavy atom. The number of carbonyl (C=O) groups is 1. The second kappa shape index (κ2) is 5.41. The van der Waals surface area contributed by atoms with E-state index >= 15 is 0 Å². The lowest BCUT2D eigenvalue weighted by molar-refractivity contribution is 0.0598. The lowest BCUT2D eigenvalue weighted by atomic mass is 9.89. The zero-order valence-electron chi connectivity index (χ0n) is 12.1. The van der Waals surface area contributed by atoms with Crippen molar-refractivity contribution in [3.05, 3.63) is 47.2 Å². The number of rotatable bonds is 2. The summed E-state index contributed by atoms with van der Waals surface area (Å²) in [7, 11) is 2.14. The quantitative estimate of drug-likeness (QED) is 0.774. The van der Waals surface area contributed by atoms with Gasteiger partial charge in [-0.1, -0.05) is 17.7 Å². The highest BCUT2D eigenvalue weighted by Gasteiger charge is 2.33. The maximum Gasteiger partial charge on any atom is 0.343 e. The molecule has 1 saturated heterocycles. The average Bonchev–Trinajstić information content (AvgIpc) is 2.81. The van der Waals surface area contributed by atoms with E-state index in [4.69, 9.17) is 4.74 Å². The Morgan fingerprint density at radius 2 is 2.00 bits per heavy atom. The number of esters is 1. The number of aryl methyl sites for hydroxylation is 1. The monoisotopic (exact) mass is 271 g/mol. The molecule has 2 atom stereocenters. The minimum atomic E-state index is -0.240. The van der Waals surface area contributed by atoms with E-state index in [1.54, 1.807) is 0 Å². The van der Waals surface area contributed by atoms with Crippen LogP contribution in [0.25, 0.3) is 0 Å². The molecule has 1 fully saturated rings. The first-order valence-corrected chi connectivity index (χ1v) is 7.33. The largest absolute Gasteiger partial charge is 0.428 e. The van der Waals surface area contributed by atoms with Crippen LogP contribution in [-0.2, 0) is 4.74 Å². The Labute approximate surface area is 120 Å². The molecule has 1 aromatic rings. The Bertz CT molecular complexity index is 532. The summed E-state index contributed by atoms with van der Waals surface area (Å²) in [5.41, 5.74) is 1.77. The molecule has 3 rings (SSSR count). The number of fused-ring (bicyclic) bond motifs is 1. The third kappa shape index (κ3) is 2.63. The van der Waals surface area contributed by atoms with Gasteiger partial charge in [-0.2, -0.15) is 0 Å². The second-order valence-electron chi connectivity index (χ2n) is 5.95. The maximum atomic E-state index is 12.1. The second-order valence-corrected chi connectivity index (χ2v) is 5.95. The fourth-order valence-corrected chi connectivity index (χ4v) is 3.18. The van der Waals surface area contributed by atoms with Crippen LogP contribution in [-0.4, -0.2) is 30.5 Å². The zero-order chi connectivity index (χ0) is 14.1. The number of hydrogen-bond acceptors (Lipinski definition) is 3. The van der Waals surface area contributed by atoms with Gasteiger partial charge in [0.1, 0.15) is 5.76 Å². The van der Waals surface area contributed by atoms with Gasteiger partial charge in [-0.3, -0.25) is 4.90 Å². The summed E-state index contributed by atoms with van der Waals surface area (Å²) >= 11 is 0. The first kappa shape index (κ1) is 13.4. The summed E-state index contributed by atoms with van der Waals surface area (Å²) in [5, 5.41) is 0. The molecule has 0 N–H and O–H groups in total. The highest BCUT2D eigenvalue weighted by molar-refractivity contribution is 5.90. The van der Waals surface area contributed by atoms with Crippen LogP contribution in [0, 0.1) is 12.8 Å². The van der Waals surface area contributed by atoms with E-state index in [0.29, 0.717) is 11.6 Å². The van der Waals surface area contributed by atoms with Crippen LogP contribution in [0.2, 0.25) is 0 Å². The summed E-state index contributed by atoms with van der Waals surface area (Å²) in [6, 6.07) is 7.97. The molecule has 1 aliphatic heterocycles.